The van der Waals surface area contributed by atoms with Gasteiger partial charge in [-0.2, -0.15) is 10.1 Å². The Labute approximate surface area is 163 Å². The quantitative estimate of drug-likeness (QED) is 0.698. The molecular formula is C22H22N4O2. The van der Waals surface area contributed by atoms with Gasteiger partial charge in [0.15, 0.2) is 0 Å². The van der Waals surface area contributed by atoms with E-state index in [2.05, 4.69) is 28.3 Å². The molecule has 5 rings (SSSR count). The summed E-state index contributed by atoms with van der Waals surface area (Å²) >= 11 is 0. The van der Waals surface area contributed by atoms with E-state index in [4.69, 9.17) is 4.74 Å². The number of carbonyl (C=O) groups is 1. The van der Waals surface area contributed by atoms with Crippen LogP contribution in [-0.4, -0.2) is 27.8 Å². The molecule has 3 aromatic rings. The van der Waals surface area contributed by atoms with Crippen molar-refractivity contribution in [3.63, 3.8) is 0 Å². The number of ether oxygens (including phenoxy) is 1. The van der Waals surface area contributed by atoms with Crippen LogP contribution in [-0.2, 0) is 4.79 Å². The molecule has 28 heavy (non-hydrogen) atoms. The first-order chi connectivity index (χ1) is 13.8. The summed E-state index contributed by atoms with van der Waals surface area (Å²) in [6.45, 7) is 0. The normalized spacial score (nSPS) is 21.2. The van der Waals surface area contributed by atoms with Gasteiger partial charge in [-0.3, -0.25) is 9.69 Å². The number of nitrogens with zero attached hydrogens (tertiary/aromatic N) is 4. The standard InChI is InChI=1S/C22H22N4O2/c1-28-20-10-6-5-9-17(20)19-13-18(15-7-3-2-4-8-15)25(21(27)16-11-12-16)22-23-14-24-26(19)22/h2-10,14,16,18-19H,11-13H2,1H3. The summed E-state index contributed by atoms with van der Waals surface area (Å²) in [7, 11) is 1.68. The lowest BCUT2D eigenvalue weighted by atomic mass is 9.91. The zero-order valence-corrected chi connectivity index (χ0v) is 15.7. The van der Waals surface area contributed by atoms with Crippen LogP contribution in [0.25, 0.3) is 0 Å². The number of methoxy groups -OCH3 is 1. The van der Waals surface area contributed by atoms with Gasteiger partial charge in [-0.1, -0.05) is 48.5 Å². The van der Waals surface area contributed by atoms with Gasteiger partial charge in [-0.15, -0.1) is 0 Å². The second-order valence-electron chi connectivity index (χ2n) is 7.41. The lowest BCUT2D eigenvalue weighted by molar-refractivity contribution is -0.120. The summed E-state index contributed by atoms with van der Waals surface area (Å²) in [5.41, 5.74) is 2.17. The van der Waals surface area contributed by atoms with E-state index < -0.39 is 0 Å². The summed E-state index contributed by atoms with van der Waals surface area (Å²) in [6, 6.07) is 18.1. The van der Waals surface area contributed by atoms with E-state index in [1.54, 1.807) is 7.11 Å². The first-order valence-corrected chi connectivity index (χ1v) is 9.68. The first kappa shape index (κ1) is 17.0. The van der Waals surface area contributed by atoms with Crippen molar-refractivity contribution in [3.05, 3.63) is 72.1 Å². The third-order valence-corrected chi connectivity index (χ3v) is 5.67. The maximum atomic E-state index is 13.2. The number of rotatable bonds is 4. The van der Waals surface area contributed by atoms with E-state index >= 15 is 0 Å². The number of fused-ring (bicyclic) bond motifs is 1. The average Bonchev–Trinajstić information content (AvgIpc) is 3.49. The number of aromatic nitrogens is 3. The minimum atomic E-state index is -0.0825. The average molecular weight is 374 g/mol. The number of para-hydroxylation sites is 1. The van der Waals surface area contributed by atoms with Crippen LogP contribution in [0.1, 0.15) is 42.5 Å². The summed E-state index contributed by atoms with van der Waals surface area (Å²) in [4.78, 5) is 19.6. The zero-order valence-electron chi connectivity index (χ0n) is 15.7. The van der Waals surface area contributed by atoms with E-state index in [9.17, 15) is 4.79 Å². The van der Waals surface area contributed by atoms with Crippen LogP contribution < -0.4 is 9.64 Å². The van der Waals surface area contributed by atoms with Crippen LogP contribution in [0.15, 0.2) is 60.9 Å². The highest BCUT2D eigenvalue weighted by atomic mass is 16.5. The fraction of sp³-hybridized carbons (Fsp3) is 0.318. The maximum absolute atomic E-state index is 13.2. The Kier molecular flexibility index (Phi) is 4.11. The van der Waals surface area contributed by atoms with Crippen molar-refractivity contribution in [1.29, 1.82) is 0 Å². The molecule has 2 unspecified atom stereocenters. The largest absolute Gasteiger partial charge is 0.496 e. The monoisotopic (exact) mass is 374 g/mol. The number of anilines is 1. The van der Waals surface area contributed by atoms with E-state index in [-0.39, 0.29) is 23.9 Å². The summed E-state index contributed by atoms with van der Waals surface area (Å²) in [6.07, 6.45) is 4.18. The second-order valence-corrected chi connectivity index (χ2v) is 7.41. The topological polar surface area (TPSA) is 60.2 Å². The number of benzene rings is 2. The number of hydrogen-bond acceptors (Lipinski definition) is 4. The van der Waals surface area contributed by atoms with Gasteiger partial charge >= 0.3 is 0 Å². The number of carbonyl (C=O) groups excluding carboxylic acids is 1. The van der Waals surface area contributed by atoms with E-state index in [0.29, 0.717) is 5.95 Å². The van der Waals surface area contributed by atoms with Crippen molar-refractivity contribution in [1.82, 2.24) is 14.8 Å². The minimum Gasteiger partial charge on any atom is -0.496 e. The van der Waals surface area contributed by atoms with E-state index in [1.807, 2.05) is 46.0 Å². The van der Waals surface area contributed by atoms with Gasteiger partial charge in [0.05, 0.1) is 19.2 Å². The Morgan fingerprint density at radius 3 is 2.54 bits per heavy atom. The van der Waals surface area contributed by atoms with Crippen molar-refractivity contribution in [3.8, 4) is 5.75 Å². The van der Waals surface area contributed by atoms with Gasteiger partial charge in [-0.05, 0) is 30.9 Å². The zero-order chi connectivity index (χ0) is 19.1. The van der Waals surface area contributed by atoms with Crippen molar-refractivity contribution >= 4 is 11.9 Å². The molecule has 0 N–H and O–H groups in total. The highest BCUT2D eigenvalue weighted by Gasteiger charge is 2.44. The molecule has 0 bridgehead atoms. The molecule has 1 fully saturated rings. The fourth-order valence-electron chi connectivity index (χ4n) is 4.13. The lowest BCUT2D eigenvalue weighted by Crippen LogP contribution is -2.43. The van der Waals surface area contributed by atoms with Crippen LogP contribution in [0.5, 0.6) is 5.75 Å². The smallest absolute Gasteiger partial charge is 0.233 e. The molecule has 0 radical (unpaired) electrons. The van der Waals surface area contributed by atoms with Gasteiger partial charge in [0, 0.05) is 11.5 Å². The molecule has 0 saturated heterocycles. The van der Waals surface area contributed by atoms with Crippen LogP contribution in [0.2, 0.25) is 0 Å². The molecule has 0 spiro atoms. The molecule has 2 aromatic carbocycles. The Morgan fingerprint density at radius 1 is 1.04 bits per heavy atom. The molecule has 2 aliphatic rings. The molecule has 1 amide bonds. The van der Waals surface area contributed by atoms with Crippen molar-refractivity contribution in [2.75, 3.05) is 12.0 Å². The predicted molar refractivity (Wildman–Crippen MR) is 105 cm³/mol. The lowest BCUT2D eigenvalue weighted by Gasteiger charge is -2.39. The number of amides is 1. The summed E-state index contributed by atoms with van der Waals surface area (Å²) < 4.78 is 7.48. The van der Waals surface area contributed by atoms with Crippen molar-refractivity contribution in [2.24, 2.45) is 5.92 Å². The molecule has 2 atom stereocenters. The SMILES string of the molecule is COc1ccccc1C1CC(c2ccccc2)N(C(=O)C2CC2)c2ncnn21. The van der Waals surface area contributed by atoms with Crippen LogP contribution in [0.3, 0.4) is 0 Å². The molecule has 142 valence electrons. The van der Waals surface area contributed by atoms with E-state index in [1.165, 1.54) is 6.33 Å². The van der Waals surface area contributed by atoms with Crippen molar-refractivity contribution in [2.45, 2.75) is 31.3 Å². The first-order valence-electron chi connectivity index (χ1n) is 9.68. The van der Waals surface area contributed by atoms with Gasteiger partial charge in [0.2, 0.25) is 11.9 Å². The molecule has 1 aromatic heterocycles. The summed E-state index contributed by atoms with van der Waals surface area (Å²) in [5, 5.41) is 4.49. The van der Waals surface area contributed by atoms with Gasteiger partial charge in [0.25, 0.3) is 0 Å². The second kappa shape index (κ2) is 6.78. The third kappa shape index (κ3) is 2.76. The molecule has 1 aliphatic carbocycles. The predicted octanol–water partition coefficient (Wildman–Crippen LogP) is 3.76. The Morgan fingerprint density at radius 2 is 1.79 bits per heavy atom. The van der Waals surface area contributed by atoms with Crippen LogP contribution in [0, 0.1) is 5.92 Å². The van der Waals surface area contributed by atoms with E-state index in [0.717, 1.165) is 36.1 Å². The molecule has 1 saturated carbocycles. The Hall–Kier alpha value is -3.15. The fourth-order valence-corrected chi connectivity index (χ4v) is 4.13. The highest BCUT2D eigenvalue weighted by molar-refractivity contribution is 5.96. The maximum Gasteiger partial charge on any atom is 0.233 e. The van der Waals surface area contributed by atoms with Gasteiger partial charge in [0.1, 0.15) is 12.1 Å². The Balaban J connectivity index is 1.65. The third-order valence-electron chi connectivity index (χ3n) is 5.67. The Bertz CT molecular complexity index is 997. The summed E-state index contributed by atoms with van der Waals surface area (Å²) in [5.74, 6) is 1.70. The number of hydrogen-bond donors (Lipinski definition) is 0. The van der Waals surface area contributed by atoms with Gasteiger partial charge in [-0.25, -0.2) is 4.68 Å². The van der Waals surface area contributed by atoms with Gasteiger partial charge < -0.3 is 4.74 Å². The molecule has 6 heteroatoms. The minimum absolute atomic E-state index is 0.0536. The van der Waals surface area contributed by atoms with Crippen molar-refractivity contribution < 1.29 is 9.53 Å². The molecule has 6 nitrogen and oxygen atoms in total. The highest BCUT2D eigenvalue weighted by Crippen LogP contribution is 2.46. The molecule has 1 aliphatic heterocycles. The molecular weight excluding hydrogens is 352 g/mol. The van der Waals surface area contributed by atoms with Crippen LogP contribution >= 0.6 is 0 Å². The van der Waals surface area contributed by atoms with Crippen LogP contribution in [0.4, 0.5) is 5.95 Å². The molecule has 2 heterocycles.